The number of amides is 1. The number of aliphatic hydroxyl groups is 1. The summed E-state index contributed by atoms with van der Waals surface area (Å²) < 4.78 is 47.8. The zero-order chi connectivity index (χ0) is 30.6. The average molecular weight is 623 g/mol. The van der Waals surface area contributed by atoms with Crippen molar-refractivity contribution in [1.82, 2.24) is 14.3 Å². The maximum Gasteiger partial charge on any atom is 0.430 e. The molecule has 1 aliphatic heterocycles. The zero-order valence-corrected chi connectivity index (χ0v) is 23.5. The molecule has 3 unspecified atom stereocenters. The van der Waals surface area contributed by atoms with Gasteiger partial charge in [-0.3, -0.25) is 14.0 Å². The Morgan fingerprint density at radius 3 is 2.44 bits per heavy atom. The van der Waals surface area contributed by atoms with Crippen LogP contribution in [0.15, 0.2) is 35.3 Å². The molecule has 224 valence electrons. The normalized spacial score (nSPS) is 17.4. The van der Waals surface area contributed by atoms with Crippen LogP contribution in [0.2, 0.25) is 10.2 Å². The minimum Gasteiger partial charge on any atom is -0.542 e. The number of aromatic nitrogens is 2. The predicted molar refractivity (Wildman–Crippen MR) is 141 cm³/mol. The second-order valence-corrected chi connectivity index (χ2v) is 10.5. The van der Waals surface area contributed by atoms with Gasteiger partial charge in [-0.1, -0.05) is 29.3 Å². The second-order valence-electron chi connectivity index (χ2n) is 9.72. The van der Waals surface area contributed by atoms with Gasteiger partial charge in [0.2, 0.25) is 0 Å². The van der Waals surface area contributed by atoms with E-state index in [-0.39, 0.29) is 33.2 Å². The molecule has 3 N–H and O–H groups in total. The second kappa shape index (κ2) is 13.2. The molecule has 41 heavy (non-hydrogen) atoms. The van der Waals surface area contributed by atoms with Gasteiger partial charge in [-0.15, -0.1) is 0 Å². The van der Waals surface area contributed by atoms with E-state index < -0.39 is 24.1 Å². The minimum absolute atomic E-state index is 0.0156. The molecule has 9 nitrogen and oxygen atoms in total. The lowest BCUT2D eigenvalue weighted by Crippen LogP contribution is -3.16. The Kier molecular flexibility index (Phi) is 10.5. The fraction of sp³-hybridized carbons (Fsp3) is 0.423. The number of carbonyl (C=O) groups excluding carboxylic acids is 2. The quantitative estimate of drug-likeness (QED) is 0.372. The number of aromatic amines is 1. The zero-order valence-electron chi connectivity index (χ0n) is 22.0. The van der Waals surface area contributed by atoms with Crippen molar-refractivity contribution in [2.45, 2.75) is 45.0 Å². The Hall–Kier alpha value is -3.13. The van der Waals surface area contributed by atoms with Crippen molar-refractivity contribution in [2.24, 2.45) is 0 Å². The number of carbonyl (C=O) groups is 2. The van der Waals surface area contributed by atoms with E-state index in [4.69, 9.17) is 33.1 Å². The molecular formula is C26H28Cl2F4N4O5. The predicted octanol–water partition coefficient (Wildman–Crippen LogP) is 1.46. The number of hydrogen-bond donors (Lipinski definition) is 3. The molecule has 3 aromatic rings. The summed E-state index contributed by atoms with van der Waals surface area (Å²) in [6.07, 6.45) is -3.00. The summed E-state index contributed by atoms with van der Waals surface area (Å²) in [5, 5.41) is 19.2. The van der Waals surface area contributed by atoms with E-state index in [9.17, 15) is 32.3 Å². The maximum absolute atomic E-state index is 14.7. The molecule has 15 heteroatoms. The highest BCUT2D eigenvalue weighted by molar-refractivity contribution is 6.42. The standard InChI is InChI=1S/C24H27Cl2FN4O3.C2HF3O2/c1-14(15(2)32)29-6-3-7-30(9-8-29)24(34)18-11-16(4-5-20(18)27)10-17-13-28-23(33)21-12-19(25)22(26)31(17)21;3-2(4,5)1(6)7/h4-5,11-15,32H,3,6-10H2,1-2H3,(H,28,33);(H,6,7). The number of hydrogen-bond acceptors (Lipinski definition) is 5. The van der Waals surface area contributed by atoms with Crippen molar-refractivity contribution in [3.63, 3.8) is 0 Å². The lowest BCUT2D eigenvalue weighted by molar-refractivity contribution is -0.924. The monoisotopic (exact) mass is 622 g/mol. The third-order valence-corrected chi connectivity index (χ3v) is 7.71. The van der Waals surface area contributed by atoms with E-state index in [0.29, 0.717) is 42.8 Å². The van der Waals surface area contributed by atoms with Gasteiger partial charge in [-0.25, -0.2) is 4.39 Å². The summed E-state index contributed by atoms with van der Waals surface area (Å²) >= 11 is 12.4. The van der Waals surface area contributed by atoms with Gasteiger partial charge in [-0.05, 0) is 37.6 Å². The molecule has 0 radical (unpaired) electrons. The number of aliphatic hydroxyl groups excluding tert-OH is 1. The number of fused-ring (bicyclic) bond motifs is 1. The molecule has 1 fully saturated rings. The van der Waals surface area contributed by atoms with Crippen LogP contribution in [-0.2, 0) is 11.2 Å². The van der Waals surface area contributed by atoms with Crippen LogP contribution in [0.1, 0.15) is 41.9 Å². The Morgan fingerprint density at radius 2 is 1.83 bits per heavy atom. The highest BCUT2D eigenvalue weighted by Gasteiger charge is 2.29. The van der Waals surface area contributed by atoms with E-state index in [0.717, 1.165) is 13.0 Å². The number of nitrogens with zero attached hydrogens (tertiary/aromatic N) is 2. The van der Waals surface area contributed by atoms with Crippen LogP contribution in [0.5, 0.6) is 0 Å². The first-order chi connectivity index (χ1) is 19.1. The first kappa shape index (κ1) is 32.4. The van der Waals surface area contributed by atoms with Crippen molar-refractivity contribution < 1.29 is 42.3 Å². The third-order valence-electron chi connectivity index (χ3n) is 6.95. The number of aliphatic carboxylic acids is 1. The molecule has 2 aromatic heterocycles. The van der Waals surface area contributed by atoms with Gasteiger partial charge < -0.3 is 29.8 Å². The van der Waals surface area contributed by atoms with Crippen LogP contribution in [0.4, 0.5) is 17.6 Å². The van der Waals surface area contributed by atoms with Gasteiger partial charge in [-0.2, -0.15) is 13.2 Å². The van der Waals surface area contributed by atoms with Gasteiger partial charge in [0.05, 0.1) is 30.2 Å². The molecule has 3 atom stereocenters. The molecule has 1 saturated heterocycles. The molecule has 1 amide bonds. The molecule has 1 aromatic carbocycles. The molecule has 0 spiro atoms. The summed E-state index contributed by atoms with van der Waals surface area (Å²) in [5.41, 5.74) is 1.35. The number of carboxylic acid groups (broad SMARTS) is 1. The van der Waals surface area contributed by atoms with Crippen molar-refractivity contribution >= 4 is 40.6 Å². The molecular weight excluding hydrogens is 595 g/mol. The number of rotatable bonds is 5. The lowest BCUT2D eigenvalue weighted by atomic mass is 10.0. The molecule has 1 aliphatic rings. The van der Waals surface area contributed by atoms with Crippen molar-refractivity contribution in [1.29, 1.82) is 0 Å². The number of carboxylic acids is 1. The number of H-pyrrole nitrogens is 1. The van der Waals surface area contributed by atoms with E-state index in [1.54, 1.807) is 28.4 Å². The number of halogens is 6. The Bertz CT molecular complexity index is 1470. The average Bonchev–Trinajstić information content (AvgIpc) is 3.06. The molecule has 0 aliphatic carbocycles. The van der Waals surface area contributed by atoms with Gasteiger partial charge in [0.15, 0.2) is 0 Å². The van der Waals surface area contributed by atoms with E-state index in [1.807, 2.05) is 6.92 Å². The molecule has 0 saturated carbocycles. The van der Waals surface area contributed by atoms with Gasteiger partial charge >= 0.3 is 6.18 Å². The topological polar surface area (TPSA) is 122 Å². The van der Waals surface area contributed by atoms with E-state index >= 15 is 0 Å². The highest BCUT2D eigenvalue weighted by atomic mass is 35.5. The maximum atomic E-state index is 14.7. The Labute approximate surface area is 241 Å². The van der Waals surface area contributed by atoms with Gasteiger partial charge in [0.1, 0.15) is 34.6 Å². The number of quaternary nitrogens is 1. The summed E-state index contributed by atoms with van der Waals surface area (Å²) in [4.78, 5) is 39.8. The fourth-order valence-electron chi connectivity index (χ4n) is 4.56. The number of benzene rings is 1. The highest BCUT2D eigenvalue weighted by Crippen LogP contribution is 2.27. The molecule has 3 heterocycles. The molecule has 4 rings (SSSR count). The first-order valence-corrected chi connectivity index (χ1v) is 13.3. The Balaban J connectivity index is 0.000000587. The summed E-state index contributed by atoms with van der Waals surface area (Å²) in [6.45, 7) is 6.35. The summed E-state index contributed by atoms with van der Waals surface area (Å²) in [7, 11) is 0. The van der Waals surface area contributed by atoms with E-state index in [2.05, 4.69) is 4.98 Å². The van der Waals surface area contributed by atoms with Crippen LogP contribution >= 0.6 is 23.2 Å². The van der Waals surface area contributed by atoms with Crippen LogP contribution in [0, 0.1) is 5.82 Å². The largest absolute Gasteiger partial charge is 0.542 e. The summed E-state index contributed by atoms with van der Waals surface area (Å²) in [6, 6.07) is 6.02. The van der Waals surface area contributed by atoms with Crippen LogP contribution in [-0.4, -0.2) is 75.8 Å². The van der Waals surface area contributed by atoms with Crippen LogP contribution in [0.3, 0.4) is 0 Å². The van der Waals surface area contributed by atoms with Crippen molar-refractivity contribution in [2.75, 3.05) is 26.2 Å². The van der Waals surface area contributed by atoms with Gasteiger partial charge in [0, 0.05) is 31.3 Å². The first-order valence-electron chi connectivity index (χ1n) is 12.6. The Morgan fingerprint density at radius 1 is 1.17 bits per heavy atom. The third kappa shape index (κ3) is 7.79. The number of nitrogens with one attached hydrogen (secondary N) is 2. The van der Waals surface area contributed by atoms with Gasteiger partial charge in [0.25, 0.3) is 11.5 Å². The van der Waals surface area contributed by atoms with Crippen molar-refractivity contribution in [3.8, 4) is 0 Å². The molecule has 0 bridgehead atoms. The number of alkyl halides is 3. The SMILES string of the molecule is CC(O)C(C)[NH+]1CCCN(C(=O)c2cc(Cc3c[nH]c(=O)c4cc(Cl)c(Cl)n34)ccc2F)CC1.O=C([O-])C(F)(F)F. The van der Waals surface area contributed by atoms with E-state index in [1.165, 1.54) is 23.2 Å². The van der Waals surface area contributed by atoms with Crippen molar-refractivity contribution in [3.05, 3.63) is 73.6 Å². The van der Waals surface area contributed by atoms with Crippen LogP contribution in [0.25, 0.3) is 5.52 Å². The summed E-state index contributed by atoms with van der Waals surface area (Å²) in [5.74, 6) is -3.93. The lowest BCUT2D eigenvalue weighted by Gasteiger charge is -2.26. The van der Waals surface area contributed by atoms with Crippen LogP contribution < -0.4 is 15.6 Å². The smallest absolute Gasteiger partial charge is 0.430 e. The minimum atomic E-state index is -5.19. The fourth-order valence-corrected chi connectivity index (χ4v) is 5.00.